The van der Waals surface area contributed by atoms with Crippen LogP contribution in [0.5, 0.6) is 0 Å². The lowest BCUT2D eigenvalue weighted by atomic mass is 9.93. The molecule has 0 heterocycles. The highest BCUT2D eigenvalue weighted by molar-refractivity contribution is 9.09. The molecule has 2 heteroatoms. The summed E-state index contributed by atoms with van der Waals surface area (Å²) in [5.74, 6) is 0.569. The first-order chi connectivity index (χ1) is 8.77. The molecule has 0 aromatic heterocycles. The third-order valence-electron chi connectivity index (χ3n) is 4.02. The molecule has 18 heavy (non-hydrogen) atoms. The van der Waals surface area contributed by atoms with Crippen molar-refractivity contribution in [3.05, 3.63) is 47.8 Å². The molecule has 0 bridgehead atoms. The summed E-state index contributed by atoms with van der Waals surface area (Å²) in [6.07, 6.45) is 5.21. The van der Waals surface area contributed by atoms with Crippen LogP contribution in [-0.2, 0) is 0 Å². The van der Waals surface area contributed by atoms with Crippen LogP contribution in [-0.4, -0.2) is 0 Å². The summed E-state index contributed by atoms with van der Waals surface area (Å²) < 4.78 is 13.8. The standard InChI is InChI=1S/C16H16BrF/c17-16(11-5-1-2-6-11)14-9-10-15(18)13-8-4-3-7-12(13)14/h3-4,7-11,16H,1-2,5-6H2. The average molecular weight is 307 g/mol. The third kappa shape index (κ3) is 2.07. The van der Waals surface area contributed by atoms with Crippen LogP contribution >= 0.6 is 15.9 Å². The van der Waals surface area contributed by atoms with E-state index in [2.05, 4.69) is 15.9 Å². The van der Waals surface area contributed by atoms with Gasteiger partial charge in [-0.2, -0.15) is 0 Å². The van der Waals surface area contributed by atoms with Crippen molar-refractivity contribution in [3.63, 3.8) is 0 Å². The molecule has 1 unspecified atom stereocenters. The number of rotatable bonds is 2. The first-order valence-corrected chi connectivity index (χ1v) is 7.50. The van der Waals surface area contributed by atoms with Gasteiger partial charge in [0.25, 0.3) is 0 Å². The topological polar surface area (TPSA) is 0 Å². The fourth-order valence-corrected chi connectivity index (χ4v) is 3.96. The number of fused-ring (bicyclic) bond motifs is 1. The first-order valence-electron chi connectivity index (χ1n) is 6.58. The fraction of sp³-hybridized carbons (Fsp3) is 0.375. The highest BCUT2D eigenvalue weighted by atomic mass is 79.9. The SMILES string of the molecule is Fc1ccc(C(Br)C2CCCC2)c2ccccc12. The maximum atomic E-state index is 13.8. The second kappa shape index (κ2) is 5.00. The van der Waals surface area contributed by atoms with Crippen molar-refractivity contribution in [2.45, 2.75) is 30.5 Å². The van der Waals surface area contributed by atoms with E-state index in [9.17, 15) is 4.39 Å². The molecule has 94 valence electrons. The molecule has 0 saturated heterocycles. The second-order valence-corrected chi connectivity index (χ2v) is 6.12. The Morgan fingerprint density at radius 1 is 1.00 bits per heavy atom. The van der Waals surface area contributed by atoms with E-state index >= 15 is 0 Å². The summed E-state index contributed by atoms with van der Waals surface area (Å²) in [5, 5.41) is 1.78. The number of benzene rings is 2. The van der Waals surface area contributed by atoms with Crippen LogP contribution in [0.1, 0.15) is 36.1 Å². The van der Waals surface area contributed by atoms with Gasteiger partial charge in [-0.3, -0.25) is 0 Å². The van der Waals surface area contributed by atoms with Crippen LogP contribution < -0.4 is 0 Å². The number of hydrogen-bond acceptors (Lipinski definition) is 0. The largest absolute Gasteiger partial charge is 0.206 e. The molecule has 0 nitrogen and oxygen atoms in total. The smallest absolute Gasteiger partial charge is 0.131 e. The predicted molar refractivity (Wildman–Crippen MR) is 77.5 cm³/mol. The van der Waals surface area contributed by atoms with E-state index in [0.717, 1.165) is 10.8 Å². The maximum absolute atomic E-state index is 13.8. The lowest BCUT2D eigenvalue weighted by Crippen LogP contribution is -2.04. The van der Waals surface area contributed by atoms with Gasteiger partial charge in [0.05, 0.1) is 0 Å². The minimum absolute atomic E-state index is 0.125. The van der Waals surface area contributed by atoms with Crippen LogP contribution in [0.2, 0.25) is 0 Å². The summed E-state index contributed by atoms with van der Waals surface area (Å²) in [6.45, 7) is 0. The van der Waals surface area contributed by atoms with Gasteiger partial charge in [-0.1, -0.05) is 59.1 Å². The Hall–Kier alpha value is -0.890. The molecule has 1 fully saturated rings. The Morgan fingerprint density at radius 2 is 1.67 bits per heavy atom. The Labute approximate surface area is 115 Å². The van der Waals surface area contributed by atoms with Gasteiger partial charge in [0, 0.05) is 10.2 Å². The van der Waals surface area contributed by atoms with Crippen LogP contribution in [0.4, 0.5) is 4.39 Å². The van der Waals surface area contributed by atoms with E-state index in [1.165, 1.54) is 31.2 Å². The van der Waals surface area contributed by atoms with E-state index < -0.39 is 0 Å². The van der Waals surface area contributed by atoms with Gasteiger partial charge in [-0.15, -0.1) is 0 Å². The van der Waals surface area contributed by atoms with Crippen molar-refractivity contribution < 1.29 is 4.39 Å². The first kappa shape index (κ1) is 12.2. The summed E-state index contributed by atoms with van der Waals surface area (Å²) in [6, 6.07) is 11.3. The van der Waals surface area contributed by atoms with Gasteiger partial charge >= 0.3 is 0 Å². The zero-order chi connectivity index (χ0) is 12.5. The summed E-state index contributed by atoms with van der Waals surface area (Å²) >= 11 is 3.84. The van der Waals surface area contributed by atoms with Crippen molar-refractivity contribution in [1.29, 1.82) is 0 Å². The number of halogens is 2. The van der Waals surface area contributed by atoms with Crippen molar-refractivity contribution in [3.8, 4) is 0 Å². The minimum Gasteiger partial charge on any atom is -0.206 e. The molecule has 1 atom stereocenters. The maximum Gasteiger partial charge on any atom is 0.131 e. The van der Waals surface area contributed by atoms with Crippen LogP contribution in [0.3, 0.4) is 0 Å². The average Bonchev–Trinajstić information content (AvgIpc) is 2.93. The van der Waals surface area contributed by atoms with Gasteiger partial charge in [-0.25, -0.2) is 4.39 Å². The Morgan fingerprint density at radius 3 is 2.39 bits per heavy atom. The van der Waals surface area contributed by atoms with Crippen LogP contribution in [0, 0.1) is 11.7 Å². The molecule has 3 rings (SSSR count). The van der Waals surface area contributed by atoms with Gasteiger partial charge in [0.2, 0.25) is 0 Å². The van der Waals surface area contributed by atoms with Gasteiger partial charge in [0.1, 0.15) is 5.82 Å². The van der Waals surface area contributed by atoms with Gasteiger partial charge < -0.3 is 0 Å². The van der Waals surface area contributed by atoms with E-state index in [-0.39, 0.29) is 5.82 Å². The van der Waals surface area contributed by atoms with E-state index in [4.69, 9.17) is 0 Å². The van der Waals surface area contributed by atoms with E-state index in [1.54, 1.807) is 6.07 Å². The van der Waals surface area contributed by atoms with Gasteiger partial charge in [0.15, 0.2) is 0 Å². The zero-order valence-corrected chi connectivity index (χ0v) is 11.8. The third-order valence-corrected chi connectivity index (χ3v) is 5.26. The highest BCUT2D eigenvalue weighted by Crippen LogP contribution is 2.43. The molecule has 0 amide bonds. The van der Waals surface area contributed by atoms with E-state index in [0.29, 0.717) is 10.7 Å². The van der Waals surface area contributed by atoms with Crippen molar-refractivity contribution in [2.24, 2.45) is 5.92 Å². The molecule has 0 N–H and O–H groups in total. The Kier molecular flexibility index (Phi) is 3.38. The summed E-state index contributed by atoms with van der Waals surface area (Å²) in [7, 11) is 0. The summed E-state index contributed by atoms with van der Waals surface area (Å²) in [4.78, 5) is 0.352. The molecule has 2 aromatic rings. The summed E-state index contributed by atoms with van der Waals surface area (Å²) in [5.41, 5.74) is 1.24. The Bertz CT molecular complexity index is 558. The molecule has 1 aliphatic rings. The van der Waals surface area contributed by atoms with Crippen molar-refractivity contribution in [2.75, 3.05) is 0 Å². The minimum atomic E-state index is -0.125. The highest BCUT2D eigenvalue weighted by Gasteiger charge is 2.25. The fourth-order valence-electron chi connectivity index (χ4n) is 3.03. The lowest BCUT2D eigenvalue weighted by Gasteiger charge is -2.19. The predicted octanol–water partition coefficient (Wildman–Crippen LogP) is 5.61. The van der Waals surface area contributed by atoms with Crippen LogP contribution in [0.15, 0.2) is 36.4 Å². The van der Waals surface area contributed by atoms with Crippen molar-refractivity contribution >= 4 is 26.7 Å². The monoisotopic (exact) mass is 306 g/mol. The molecule has 1 aliphatic carbocycles. The number of alkyl halides is 1. The van der Waals surface area contributed by atoms with E-state index in [1.807, 2.05) is 30.3 Å². The quantitative estimate of drug-likeness (QED) is 0.633. The van der Waals surface area contributed by atoms with Crippen LogP contribution in [0.25, 0.3) is 10.8 Å². The molecule has 0 radical (unpaired) electrons. The van der Waals surface area contributed by atoms with Gasteiger partial charge in [-0.05, 0) is 35.8 Å². The molecule has 2 aromatic carbocycles. The molecule has 0 aliphatic heterocycles. The molecule has 1 saturated carbocycles. The molecule has 0 spiro atoms. The number of hydrogen-bond donors (Lipinski definition) is 0. The molecular weight excluding hydrogens is 291 g/mol. The lowest BCUT2D eigenvalue weighted by molar-refractivity contribution is 0.543. The Balaban J connectivity index is 2.08. The zero-order valence-electron chi connectivity index (χ0n) is 10.2. The van der Waals surface area contributed by atoms with Crippen molar-refractivity contribution in [1.82, 2.24) is 0 Å². The molecular formula is C16H16BrF. The normalized spacial score (nSPS) is 18.3. The second-order valence-electron chi connectivity index (χ2n) is 5.13.